The van der Waals surface area contributed by atoms with E-state index in [0.717, 1.165) is 75.3 Å². The van der Waals surface area contributed by atoms with Crippen LogP contribution in [0.5, 0.6) is 5.75 Å². The number of hydrogen-bond acceptors (Lipinski definition) is 8. The fourth-order valence-electron chi connectivity index (χ4n) is 14.0. The molecule has 0 bridgehead atoms. The summed E-state index contributed by atoms with van der Waals surface area (Å²) in [6.07, 6.45) is -20.3. The minimum atomic E-state index is -4.77. The molecule has 7 N–H and O–H groups in total. The van der Waals surface area contributed by atoms with E-state index in [4.69, 9.17) is 52.1 Å². The van der Waals surface area contributed by atoms with E-state index in [1.54, 1.807) is 92.7 Å². The van der Waals surface area contributed by atoms with E-state index in [2.05, 4.69) is 19.1 Å². The van der Waals surface area contributed by atoms with E-state index >= 15 is 0 Å². The van der Waals surface area contributed by atoms with Gasteiger partial charge in [-0.1, -0.05) is 207 Å². The molecule has 0 fully saturated rings. The Balaban J connectivity index is 0.000000195. The average Bonchev–Trinajstić information content (AvgIpc) is 0.783. The highest BCUT2D eigenvalue weighted by Crippen LogP contribution is 2.45. The van der Waals surface area contributed by atoms with E-state index in [1.807, 2.05) is 70.2 Å². The highest BCUT2D eigenvalue weighted by molar-refractivity contribution is 6.33. The molecule has 0 saturated carbocycles. The van der Waals surface area contributed by atoms with Crippen molar-refractivity contribution in [2.45, 2.75) is 86.0 Å². The zero-order chi connectivity index (χ0) is 101. The first-order valence-electron chi connectivity index (χ1n) is 40.6. The quantitative estimate of drug-likeness (QED) is 0.0394. The van der Waals surface area contributed by atoms with Crippen molar-refractivity contribution in [2.75, 3.05) is 6.61 Å². The number of halogens is 16. The Bertz CT molecular complexity index is 6580. The van der Waals surface area contributed by atoms with E-state index in [-0.39, 0.29) is 71.8 Å². The third kappa shape index (κ3) is 28.0. The second-order valence-corrected chi connectivity index (χ2v) is 30.1. The Morgan fingerprint density at radius 3 is 0.904 bits per heavy atom. The number of ether oxygens (including phenoxy) is 1. The molecule has 704 valence electrons. The van der Waals surface area contributed by atoms with Gasteiger partial charge in [-0.15, -0.1) is 0 Å². The number of benzene rings is 14. The Morgan fingerprint density at radius 1 is 0.279 bits per heavy atom. The minimum absolute atomic E-state index is 0.00458. The van der Waals surface area contributed by atoms with Crippen molar-refractivity contribution in [1.29, 1.82) is 0 Å². The molecule has 0 aliphatic heterocycles. The number of aryl methyl sites for hydroxylation is 6. The molecule has 0 amide bonds. The van der Waals surface area contributed by atoms with Gasteiger partial charge in [-0.05, 0) is 252 Å². The van der Waals surface area contributed by atoms with Crippen LogP contribution in [-0.2, 0) is 31.1 Å². The van der Waals surface area contributed by atoms with Gasteiger partial charge in [-0.25, -0.2) is 46.7 Å². The number of carboxylic acid groups (broad SMARTS) is 7. The van der Waals surface area contributed by atoms with Crippen molar-refractivity contribution in [3.05, 3.63) is 408 Å². The summed E-state index contributed by atoms with van der Waals surface area (Å²) in [6.45, 7) is 13.6. The molecule has 0 aromatic heterocycles. The topological polar surface area (TPSA) is 270 Å². The van der Waals surface area contributed by atoms with E-state index in [1.165, 1.54) is 121 Å². The summed E-state index contributed by atoms with van der Waals surface area (Å²) >= 11 is 5.90. The van der Waals surface area contributed by atoms with Gasteiger partial charge in [0.05, 0.1) is 67.8 Å². The molecule has 14 rings (SSSR count). The second-order valence-electron chi connectivity index (χ2n) is 29.7. The summed E-state index contributed by atoms with van der Waals surface area (Å²) < 4.78 is 201. The van der Waals surface area contributed by atoms with Crippen molar-refractivity contribution in [3.63, 3.8) is 0 Å². The summed E-state index contributed by atoms with van der Waals surface area (Å²) in [5, 5.41) is 62.1. The lowest BCUT2D eigenvalue weighted by Gasteiger charge is -2.16. The van der Waals surface area contributed by atoms with E-state index in [0.29, 0.717) is 69.9 Å². The van der Waals surface area contributed by atoms with Crippen LogP contribution in [0.25, 0.3) is 77.9 Å². The zero-order valence-electron chi connectivity index (χ0n) is 72.7. The van der Waals surface area contributed by atoms with Crippen LogP contribution in [0.2, 0.25) is 5.02 Å². The van der Waals surface area contributed by atoms with Crippen LogP contribution in [0.1, 0.15) is 154 Å². The number of aromatic carboxylic acids is 7. The Labute approximate surface area is 773 Å². The molecule has 14 aromatic rings. The van der Waals surface area contributed by atoms with Crippen LogP contribution in [0.3, 0.4) is 0 Å². The summed E-state index contributed by atoms with van der Waals surface area (Å²) in [5.74, 6) is -8.21. The summed E-state index contributed by atoms with van der Waals surface area (Å²) in [4.78, 5) is 76.0. The van der Waals surface area contributed by atoms with Gasteiger partial charge >= 0.3 is 66.5 Å². The first-order chi connectivity index (χ1) is 64.0. The van der Waals surface area contributed by atoms with Crippen molar-refractivity contribution in [3.8, 4) is 83.6 Å². The fraction of sp³-hybridized carbons (Fsp3) is 0.133. The van der Waals surface area contributed by atoms with Crippen molar-refractivity contribution < 1.29 is 140 Å². The van der Waals surface area contributed by atoms with Gasteiger partial charge in [-0.2, -0.15) is 52.7 Å². The number of rotatable bonds is 18. The Hall–Kier alpha value is -15.6. The SMILES string of the molecule is CCOc1cc(C(=O)O)ccc1-c1ccccc1C.CCc1ccccc1-c1ccc(C(=O)O)cc1C(F)(F)F.Cc1cc(C(=O)O)ccc1-c1ccccc1C(F)(F)F.Cc1cc(C(=O)O)ccc1-c1ccccc1C(F)F.Cc1ccccc1-c1ccc(C(=O)O)cc1C.O=C(O)c1ccc(-c2ccccc2C(F)(F)F)c(Cl)c1.O=C(O)c1ccc(-c2ccccc2F)c(C(F)(F)F)c1. The van der Waals surface area contributed by atoms with Gasteiger partial charge < -0.3 is 40.5 Å². The molecule has 0 aliphatic rings. The van der Waals surface area contributed by atoms with Crippen LogP contribution in [0.4, 0.5) is 65.9 Å². The molecule has 0 spiro atoms. The number of hydrogen-bond donors (Lipinski definition) is 7. The highest BCUT2D eigenvalue weighted by Gasteiger charge is 2.38. The van der Waals surface area contributed by atoms with E-state index in [9.17, 15) is 99.4 Å². The molecule has 0 heterocycles. The van der Waals surface area contributed by atoms with Gasteiger partial charge in [-0.3, -0.25) is 0 Å². The molecule has 31 heteroatoms. The van der Waals surface area contributed by atoms with Gasteiger partial charge in [0.25, 0.3) is 6.43 Å². The largest absolute Gasteiger partial charge is 0.493 e. The summed E-state index contributed by atoms with van der Waals surface area (Å²) in [6, 6.07) is 72.4. The number of carboxylic acids is 7. The van der Waals surface area contributed by atoms with Crippen molar-refractivity contribution >= 4 is 53.4 Å². The predicted octanol–water partition coefficient (Wildman–Crippen LogP) is 29.7. The maximum atomic E-state index is 13.6. The first kappa shape index (κ1) is 106. The van der Waals surface area contributed by atoms with Crippen LogP contribution in [-0.4, -0.2) is 84.1 Å². The minimum Gasteiger partial charge on any atom is -0.493 e. The molecule has 15 nitrogen and oxygen atoms in total. The molecular weight excluding hydrogens is 1820 g/mol. The van der Waals surface area contributed by atoms with Crippen LogP contribution in [0.15, 0.2) is 297 Å². The van der Waals surface area contributed by atoms with Gasteiger partial charge in [0.15, 0.2) is 0 Å². The predicted molar refractivity (Wildman–Crippen MR) is 486 cm³/mol. The average molecular weight is 1900 g/mol. The molecule has 0 radical (unpaired) electrons. The Morgan fingerprint density at radius 2 is 0.544 bits per heavy atom. The van der Waals surface area contributed by atoms with Gasteiger partial charge in [0.2, 0.25) is 0 Å². The normalized spacial score (nSPS) is 11.0. The van der Waals surface area contributed by atoms with Gasteiger partial charge in [0.1, 0.15) is 11.6 Å². The number of carbonyl (C=O) groups is 7. The van der Waals surface area contributed by atoms with E-state index < -0.39 is 107 Å². The lowest BCUT2D eigenvalue weighted by Crippen LogP contribution is -2.10. The zero-order valence-corrected chi connectivity index (χ0v) is 73.5. The first-order valence-corrected chi connectivity index (χ1v) is 41.0. The summed E-state index contributed by atoms with van der Waals surface area (Å²) in [5.41, 5.74) is 7.00. The lowest BCUT2D eigenvalue weighted by molar-refractivity contribution is -0.137. The second kappa shape index (κ2) is 46.7. The maximum Gasteiger partial charge on any atom is 0.417 e. The van der Waals surface area contributed by atoms with Crippen molar-refractivity contribution in [2.24, 2.45) is 0 Å². The van der Waals surface area contributed by atoms with Crippen molar-refractivity contribution in [1.82, 2.24) is 0 Å². The molecule has 0 atom stereocenters. The molecule has 14 aromatic carbocycles. The lowest BCUT2D eigenvalue weighted by atomic mass is 9.92. The van der Waals surface area contributed by atoms with Crippen LogP contribution < -0.4 is 4.74 Å². The number of alkyl halides is 14. The molecular formula is C105H82ClF15O15. The molecule has 0 aliphatic carbocycles. The maximum absolute atomic E-state index is 13.6. The molecule has 0 unspecified atom stereocenters. The molecule has 136 heavy (non-hydrogen) atoms. The molecule has 0 saturated heterocycles. The third-order valence-corrected chi connectivity index (χ3v) is 20.9. The van der Waals surface area contributed by atoms with Crippen LogP contribution >= 0.6 is 11.6 Å². The smallest absolute Gasteiger partial charge is 0.417 e. The van der Waals surface area contributed by atoms with Crippen LogP contribution in [0, 0.1) is 40.4 Å². The summed E-state index contributed by atoms with van der Waals surface area (Å²) in [7, 11) is 0. The fourth-order valence-corrected chi connectivity index (χ4v) is 14.3. The Kier molecular flexibility index (Phi) is 36.3. The third-order valence-electron chi connectivity index (χ3n) is 20.6. The standard InChI is InChI=1S/C16H13F3O2.C16H16O3.C15H11F3O2.C15H12F2O2.C15H14O2.C14H8ClF3O2.C14H8F4O2/c1-2-10-5-3-4-6-12(10)13-8-7-11(15(20)21)9-14(13)16(17,18)19;1-3-19-15-10-12(16(17)18)8-9-14(15)13-7-5-4-6-11(13)2;1-9-8-10(14(19)20)6-7-11(9)12-4-2-3-5-13(12)15(16,17)18;1-9-8-10(15(18)19)6-7-11(9)12-4-2-3-5-13(12)14(16)17;1-10-5-3-4-6-13(10)14-8-7-12(15(16)17)9-11(14)2;15-12-7-8(13(19)20)5-6-10(12)9-3-1-2-4-11(9)14(16,17)18;15-12-4-2-1-3-10(12)9-6-5-8(13(19)20)7-11(9)14(16,17)18/h3-9H,2H2,1H3,(H,20,21);4-10H,3H2,1-2H3,(H,17,18);2-8H,1H3,(H,19,20);2-8,14H,1H3,(H,18,19);3-9H,1-2H3,(H,16,17);2*1-7H,(H,19,20). The monoisotopic (exact) mass is 1900 g/mol. The van der Waals surface area contributed by atoms with Gasteiger partial charge in [0, 0.05) is 27.3 Å². The highest BCUT2D eigenvalue weighted by atomic mass is 35.5.